The van der Waals surface area contributed by atoms with Crippen LogP contribution in [0.1, 0.15) is 17.5 Å². The van der Waals surface area contributed by atoms with Crippen molar-refractivity contribution in [3.63, 3.8) is 0 Å². The number of carboxylic acids is 1. The van der Waals surface area contributed by atoms with E-state index in [1.165, 1.54) is 0 Å². The highest BCUT2D eigenvalue weighted by molar-refractivity contribution is 5.85. The van der Waals surface area contributed by atoms with Gasteiger partial charge >= 0.3 is 5.97 Å². The van der Waals surface area contributed by atoms with Gasteiger partial charge in [0.05, 0.1) is 0 Å². The molecule has 1 unspecified atom stereocenters. The number of nitrogens with two attached hydrogens (primary N) is 1. The van der Waals surface area contributed by atoms with Gasteiger partial charge in [-0.05, 0) is 30.0 Å². The van der Waals surface area contributed by atoms with Gasteiger partial charge in [0.2, 0.25) is 0 Å². The van der Waals surface area contributed by atoms with Crippen molar-refractivity contribution in [3.8, 4) is 0 Å². The minimum Gasteiger partial charge on any atom is -0.480 e. The van der Waals surface area contributed by atoms with Crippen LogP contribution in [-0.4, -0.2) is 11.1 Å². The molecule has 0 saturated heterocycles. The van der Waals surface area contributed by atoms with Crippen LogP contribution in [0.15, 0.2) is 12.1 Å². The lowest BCUT2D eigenvalue weighted by Crippen LogP contribution is -2.42. The second kappa shape index (κ2) is 3.99. The van der Waals surface area contributed by atoms with E-state index in [2.05, 4.69) is 0 Å². The number of benzene rings is 1. The Kier molecular flexibility index (Phi) is 3.21. The van der Waals surface area contributed by atoms with Gasteiger partial charge in [-0.3, -0.25) is 0 Å². The molecule has 1 aliphatic rings. The van der Waals surface area contributed by atoms with E-state index in [-0.39, 0.29) is 36.4 Å². The maximum atomic E-state index is 13.3. The molecule has 1 aliphatic carbocycles. The summed E-state index contributed by atoms with van der Waals surface area (Å²) < 4.78 is 26.2. The number of rotatable bonds is 1. The van der Waals surface area contributed by atoms with E-state index in [0.717, 1.165) is 12.1 Å². The van der Waals surface area contributed by atoms with Crippen molar-refractivity contribution in [1.82, 2.24) is 0 Å². The third kappa shape index (κ3) is 1.66. The van der Waals surface area contributed by atoms with Gasteiger partial charge in [0.25, 0.3) is 0 Å². The van der Waals surface area contributed by atoms with Crippen LogP contribution in [0.3, 0.4) is 0 Å². The van der Waals surface area contributed by atoms with Gasteiger partial charge in [-0.1, -0.05) is 0 Å². The lowest BCUT2D eigenvalue weighted by Gasteiger charge is -2.19. The Bertz CT molecular complexity index is 453. The lowest BCUT2D eigenvalue weighted by molar-refractivity contribution is -0.143. The molecule has 0 heterocycles. The Hall–Kier alpha value is -1.20. The smallest absolute Gasteiger partial charge is 0.328 e. The van der Waals surface area contributed by atoms with E-state index in [0.29, 0.717) is 0 Å². The zero-order chi connectivity index (χ0) is 11.2. The average molecular weight is 250 g/mol. The number of halogens is 3. The quantitative estimate of drug-likeness (QED) is 0.794. The summed E-state index contributed by atoms with van der Waals surface area (Å²) in [4.78, 5) is 10.9. The Labute approximate surface area is 96.7 Å². The summed E-state index contributed by atoms with van der Waals surface area (Å²) in [5.41, 5.74) is 4.22. The van der Waals surface area contributed by atoms with Crippen molar-refractivity contribution in [2.75, 3.05) is 0 Å². The number of fused-ring (bicyclic) bond motifs is 1. The van der Waals surface area contributed by atoms with E-state index in [9.17, 15) is 13.6 Å². The molecule has 3 nitrogen and oxygen atoms in total. The van der Waals surface area contributed by atoms with Crippen molar-refractivity contribution in [3.05, 3.63) is 34.9 Å². The normalized spacial score (nSPS) is 22.4. The van der Waals surface area contributed by atoms with Gasteiger partial charge in [0, 0.05) is 6.07 Å². The maximum absolute atomic E-state index is 13.3. The first-order valence-electron chi connectivity index (χ1n) is 4.46. The molecular formula is C10H10ClF2NO2. The molecule has 16 heavy (non-hydrogen) atoms. The van der Waals surface area contributed by atoms with Gasteiger partial charge in [-0.25, -0.2) is 13.6 Å². The van der Waals surface area contributed by atoms with Crippen LogP contribution in [0, 0.1) is 11.6 Å². The van der Waals surface area contributed by atoms with Gasteiger partial charge in [-0.15, -0.1) is 12.4 Å². The first-order valence-corrected chi connectivity index (χ1v) is 4.46. The zero-order valence-corrected chi connectivity index (χ0v) is 8.98. The van der Waals surface area contributed by atoms with Crippen LogP contribution in [0.2, 0.25) is 0 Å². The summed E-state index contributed by atoms with van der Waals surface area (Å²) >= 11 is 0. The third-order valence-corrected chi connectivity index (χ3v) is 2.79. The minimum absolute atomic E-state index is 0. The number of carboxylic acid groups (broad SMARTS) is 1. The van der Waals surface area contributed by atoms with Crippen molar-refractivity contribution in [1.29, 1.82) is 0 Å². The molecular weight excluding hydrogens is 240 g/mol. The Morgan fingerprint density at radius 3 is 2.62 bits per heavy atom. The molecule has 0 saturated carbocycles. The minimum atomic E-state index is -1.65. The predicted molar refractivity (Wildman–Crippen MR) is 55.4 cm³/mol. The molecule has 0 radical (unpaired) electrons. The molecule has 1 aromatic rings. The van der Waals surface area contributed by atoms with Gasteiger partial charge in [0.15, 0.2) is 0 Å². The molecule has 2 rings (SSSR count). The highest BCUT2D eigenvalue weighted by Crippen LogP contribution is 2.36. The van der Waals surface area contributed by atoms with Gasteiger partial charge < -0.3 is 10.8 Å². The Morgan fingerprint density at radius 2 is 2.06 bits per heavy atom. The summed E-state index contributed by atoms with van der Waals surface area (Å²) in [7, 11) is 0. The maximum Gasteiger partial charge on any atom is 0.328 e. The monoisotopic (exact) mass is 249 g/mol. The topological polar surface area (TPSA) is 63.3 Å². The molecule has 6 heteroatoms. The number of hydrogen-bond acceptors (Lipinski definition) is 2. The molecule has 0 bridgehead atoms. The summed E-state index contributed by atoms with van der Waals surface area (Å²) in [5, 5.41) is 8.93. The van der Waals surface area contributed by atoms with E-state index in [1.54, 1.807) is 0 Å². The summed E-state index contributed by atoms with van der Waals surface area (Å²) in [6.45, 7) is 0. The molecule has 0 spiro atoms. The first kappa shape index (κ1) is 12.9. The SMILES string of the molecule is Cl.NC1(C(=O)O)CCc2c(F)cc(F)cc21. The summed E-state index contributed by atoms with van der Waals surface area (Å²) in [6, 6.07) is 1.74. The van der Waals surface area contributed by atoms with E-state index in [1.807, 2.05) is 0 Å². The van der Waals surface area contributed by atoms with Crippen LogP contribution < -0.4 is 5.73 Å². The molecule has 0 aliphatic heterocycles. The van der Waals surface area contributed by atoms with Crippen LogP contribution in [0.25, 0.3) is 0 Å². The molecule has 1 aromatic carbocycles. The number of hydrogen-bond donors (Lipinski definition) is 2. The zero-order valence-electron chi connectivity index (χ0n) is 8.17. The standard InChI is InChI=1S/C10H9F2NO2.ClH/c11-5-3-7-6(8(12)4-5)1-2-10(7,13)9(14)15;/h3-4H,1-2,13H2,(H,14,15);1H. The number of carbonyl (C=O) groups is 1. The van der Waals surface area contributed by atoms with Crippen LogP contribution >= 0.6 is 12.4 Å². The highest BCUT2D eigenvalue weighted by atomic mass is 35.5. The second-order valence-corrected chi connectivity index (χ2v) is 3.69. The fourth-order valence-corrected chi connectivity index (χ4v) is 1.93. The molecule has 1 atom stereocenters. The summed E-state index contributed by atoms with van der Waals surface area (Å²) in [6.07, 6.45) is 0.322. The average Bonchev–Trinajstić information content (AvgIpc) is 2.46. The Balaban J connectivity index is 0.00000128. The molecule has 0 aromatic heterocycles. The molecule has 88 valence electrons. The van der Waals surface area contributed by atoms with Crippen LogP contribution in [0.5, 0.6) is 0 Å². The number of aliphatic carboxylic acids is 1. The largest absolute Gasteiger partial charge is 0.480 e. The lowest BCUT2D eigenvalue weighted by atomic mass is 9.93. The first-order chi connectivity index (χ1) is 6.95. The second-order valence-electron chi connectivity index (χ2n) is 3.69. The highest BCUT2D eigenvalue weighted by Gasteiger charge is 2.43. The van der Waals surface area contributed by atoms with Gasteiger partial charge in [-0.2, -0.15) is 0 Å². The molecule has 0 fully saturated rings. The fourth-order valence-electron chi connectivity index (χ4n) is 1.93. The van der Waals surface area contributed by atoms with Crippen molar-refractivity contribution in [2.45, 2.75) is 18.4 Å². The third-order valence-electron chi connectivity index (χ3n) is 2.79. The van der Waals surface area contributed by atoms with Crippen LogP contribution in [-0.2, 0) is 16.8 Å². The van der Waals surface area contributed by atoms with E-state index in [4.69, 9.17) is 10.8 Å². The van der Waals surface area contributed by atoms with Crippen molar-refractivity contribution < 1.29 is 18.7 Å². The fraction of sp³-hybridized carbons (Fsp3) is 0.300. The Morgan fingerprint density at radius 1 is 1.44 bits per heavy atom. The molecule has 0 amide bonds. The van der Waals surface area contributed by atoms with E-state index >= 15 is 0 Å². The van der Waals surface area contributed by atoms with E-state index < -0.39 is 23.1 Å². The summed E-state index contributed by atoms with van der Waals surface area (Å²) in [5.74, 6) is -2.78. The van der Waals surface area contributed by atoms with Crippen molar-refractivity contribution in [2.24, 2.45) is 5.73 Å². The predicted octanol–water partition coefficient (Wildman–Crippen LogP) is 1.57. The van der Waals surface area contributed by atoms with Crippen LogP contribution in [0.4, 0.5) is 8.78 Å². The molecule has 3 N–H and O–H groups in total. The van der Waals surface area contributed by atoms with Crippen molar-refractivity contribution >= 4 is 18.4 Å². The van der Waals surface area contributed by atoms with Gasteiger partial charge in [0.1, 0.15) is 17.2 Å².